The fourth-order valence-electron chi connectivity index (χ4n) is 2.50. The SMILES string of the molecule is Cc1[nH]n(-c2c(F)c(F)c(F)c(F)c2F)c(=O)c1C(=O)c1cc(F)nc(F)c1. The predicted molar refractivity (Wildman–Crippen MR) is 78.5 cm³/mol. The lowest BCUT2D eigenvalue weighted by atomic mass is 10.1. The van der Waals surface area contributed by atoms with E-state index in [4.69, 9.17) is 0 Å². The molecule has 5 nitrogen and oxygen atoms in total. The summed E-state index contributed by atoms with van der Waals surface area (Å²) >= 11 is 0. The number of carbonyl (C=O) groups is 1. The number of aromatic nitrogens is 3. The van der Waals surface area contributed by atoms with Crippen LogP contribution in [0.25, 0.3) is 5.69 Å². The third-order valence-electron chi connectivity index (χ3n) is 3.73. The summed E-state index contributed by atoms with van der Waals surface area (Å²) < 4.78 is 94.2. The van der Waals surface area contributed by atoms with Gasteiger partial charge in [-0.15, -0.1) is 0 Å². The minimum atomic E-state index is -2.44. The highest BCUT2D eigenvalue weighted by molar-refractivity contribution is 6.09. The number of H-pyrrole nitrogens is 1. The summed E-state index contributed by atoms with van der Waals surface area (Å²) in [6, 6.07) is 1.00. The van der Waals surface area contributed by atoms with Crippen LogP contribution in [0.4, 0.5) is 30.7 Å². The number of hydrogen-bond donors (Lipinski definition) is 1. The van der Waals surface area contributed by atoms with Crippen LogP contribution in [0.2, 0.25) is 0 Å². The van der Waals surface area contributed by atoms with Crippen molar-refractivity contribution in [3.05, 3.63) is 80.3 Å². The topological polar surface area (TPSA) is 67.8 Å². The Balaban J connectivity index is 2.25. The minimum absolute atomic E-state index is 0.0628. The molecular weight excluding hydrogens is 399 g/mol. The molecule has 12 heteroatoms. The predicted octanol–water partition coefficient (Wildman–Crippen LogP) is 3.07. The number of nitrogens with zero attached hydrogens (tertiary/aromatic N) is 2. The van der Waals surface area contributed by atoms with Crippen LogP contribution in [-0.4, -0.2) is 20.5 Å². The van der Waals surface area contributed by atoms with Crippen molar-refractivity contribution in [2.45, 2.75) is 6.92 Å². The Labute approximate surface area is 150 Å². The first-order valence-corrected chi connectivity index (χ1v) is 7.25. The molecule has 0 aliphatic rings. The zero-order valence-corrected chi connectivity index (χ0v) is 13.5. The fraction of sp³-hybridized carbons (Fsp3) is 0.0625. The van der Waals surface area contributed by atoms with E-state index in [1.54, 1.807) is 0 Å². The van der Waals surface area contributed by atoms with Gasteiger partial charge in [-0.1, -0.05) is 0 Å². The molecule has 146 valence electrons. The standard InChI is InChI=1S/C16H6F7N3O2/c1-4-8(15(27)5-2-6(17)24-7(18)3-5)16(28)26(25-4)14-12(22)10(20)9(19)11(21)13(14)23/h2-3,25H,1H3. The van der Waals surface area contributed by atoms with Crippen molar-refractivity contribution in [2.75, 3.05) is 0 Å². The highest BCUT2D eigenvalue weighted by atomic mass is 19.2. The average molecular weight is 405 g/mol. The molecule has 1 N–H and O–H groups in total. The molecular formula is C16H6F7N3O2. The zero-order chi connectivity index (χ0) is 20.9. The van der Waals surface area contributed by atoms with E-state index in [0.717, 1.165) is 6.92 Å². The van der Waals surface area contributed by atoms with E-state index < -0.39 is 69.1 Å². The number of pyridine rings is 1. The Morgan fingerprint density at radius 2 is 1.36 bits per heavy atom. The summed E-state index contributed by atoms with van der Waals surface area (Å²) in [5.41, 5.74) is -4.97. The fourth-order valence-corrected chi connectivity index (χ4v) is 2.50. The highest BCUT2D eigenvalue weighted by Gasteiger charge is 2.30. The molecule has 3 rings (SSSR count). The van der Waals surface area contributed by atoms with Crippen LogP contribution >= 0.6 is 0 Å². The van der Waals surface area contributed by atoms with Gasteiger partial charge in [-0.2, -0.15) is 13.8 Å². The molecule has 0 unspecified atom stereocenters. The Bertz CT molecular complexity index is 1150. The number of hydrogen-bond acceptors (Lipinski definition) is 3. The van der Waals surface area contributed by atoms with Crippen LogP contribution in [0.1, 0.15) is 21.6 Å². The van der Waals surface area contributed by atoms with E-state index in [0.29, 0.717) is 12.1 Å². The van der Waals surface area contributed by atoms with E-state index in [1.165, 1.54) is 0 Å². The Hall–Kier alpha value is -3.44. The number of nitrogens with one attached hydrogen (secondary N) is 1. The Morgan fingerprint density at radius 3 is 1.86 bits per heavy atom. The summed E-state index contributed by atoms with van der Waals surface area (Å²) in [5, 5.41) is 2.01. The maximum absolute atomic E-state index is 13.9. The van der Waals surface area contributed by atoms with Crippen LogP contribution in [0.15, 0.2) is 16.9 Å². The molecule has 0 aliphatic heterocycles. The number of benzene rings is 1. The van der Waals surface area contributed by atoms with E-state index in [-0.39, 0.29) is 10.4 Å². The Morgan fingerprint density at radius 1 is 0.893 bits per heavy atom. The first kappa shape index (κ1) is 19.3. The van der Waals surface area contributed by atoms with E-state index in [2.05, 4.69) is 4.98 Å². The first-order chi connectivity index (χ1) is 13.0. The second kappa shape index (κ2) is 6.62. The smallest absolute Gasteiger partial charge is 0.282 e. The monoisotopic (exact) mass is 405 g/mol. The Kier molecular flexibility index (Phi) is 4.57. The van der Waals surface area contributed by atoms with Gasteiger partial charge in [0.05, 0.1) is 0 Å². The number of aromatic amines is 1. The van der Waals surface area contributed by atoms with Gasteiger partial charge in [-0.05, 0) is 6.92 Å². The van der Waals surface area contributed by atoms with Crippen molar-refractivity contribution in [3.8, 4) is 5.69 Å². The summed E-state index contributed by atoms with van der Waals surface area (Å²) in [4.78, 5) is 27.6. The summed E-state index contributed by atoms with van der Waals surface area (Å²) in [6.07, 6.45) is 0. The molecule has 0 fully saturated rings. The van der Waals surface area contributed by atoms with Crippen LogP contribution < -0.4 is 5.56 Å². The van der Waals surface area contributed by atoms with Crippen molar-refractivity contribution < 1.29 is 35.5 Å². The second-order valence-electron chi connectivity index (χ2n) is 5.50. The molecule has 2 aromatic heterocycles. The van der Waals surface area contributed by atoms with Gasteiger partial charge < -0.3 is 0 Å². The first-order valence-electron chi connectivity index (χ1n) is 7.25. The maximum atomic E-state index is 13.9. The van der Waals surface area contributed by atoms with Crippen molar-refractivity contribution in [1.82, 2.24) is 14.8 Å². The largest absolute Gasteiger partial charge is 0.294 e. The average Bonchev–Trinajstić information content (AvgIpc) is 2.91. The zero-order valence-electron chi connectivity index (χ0n) is 13.5. The molecule has 0 saturated heterocycles. The van der Waals surface area contributed by atoms with Crippen molar-refractivity contribution in [2.24, 2.45) is 0 Å². The van der Waals surface area contributed by atoms with Gasteiger partial charge >= 0.3 is 0 Å². The molecule has 1 aromatic carbocycles. The lowest BCUT2D eigenvalue weighted by Crippen LogP contribution is -2.24. The van der Waals surface area contributed by atoms with Gasteiger partial charge in [-0.3, -0.25) is 14.7 Å². The summed E-state index contributed by atoms with van der Waals surface area (Å²) in [7, 11) is 0. The van der Waals surface area contributed by atoms with Gasteiger partial charge in [0.1, 0.15) is 11.3 Å². The van der Waals surface area contributed by atoms with E-state index >= 15 is 0 Å². The van der Waals surface area contributed by atoms with E-state index in [1.807, 2.05) is 5.10 Å². The lowest BCUT2D eigenvalue weighted by molar-refractivity contribution is 0.103. The molecule has 3 aromatic rings. The quantitative estimate of drug-likeness (QED) is 0.240. The van der Waals surface area contributed by atoms with Crippen LogP contribution in [0, 0.1) is 47.9 Å². The number of aryl methyl sites for hydroxylation is 1. The van der Waals surface area contributed by atoms with Crippen LogP contribution in [0.3, 0.4) is 0 Å². The van der Waals surface area contributed by atoms with Crippen molar-refractivity contribution in [1.29, 1.82) is 0 Å². The molecule has 0 saturated carbocycles. The number of carbonyl (C=O) groups excluding carboxylic acids is 1. The second-order valence-corrected chi connectivity index (χ2v) is 5.50. The summed E-state index contributed by atoms with van der Waals surface area (Å²) in [6.45, 7) is 1.07. The molecule has 0 radical (unpaired) electrons. The molecule has 0 aliphatic carbocycles. The number of halogens is 7. The molecule has 0 spiro atoms. The van der Waals surface area contributed by atoms with Gasteiger partial charge in [0.15, 0.2) is 23.3 Å². The van der Waals surface area contributed by atoms with Gasteiger partial charge in [0, 0.05) is 23.4 Å². The van der Waals surface area contributed by atoms with Gasteiger partial charge in [0.25, 0.3) is 5.56 Å². The highest BCUT2D eigenvalue weighted by Crippen LogP contribution is 2.25. The third kappa shape index (κ3) is 2.86. The van der Waals surface area contributed by atoms with Gasteiger partial charge in [0.2, 0.25) is 23.5 Å². The summed E-state index contributed by atoms with van der Waals surface area (Å²) in [5.74, 6) is -15.7. The molecule has 0 bridgehead atoms. The lowest BCUT2D eigenvalue weighted by Gasteiger charge is -2.08. The van der Waals surface area contributed by atoms with Crippen LogP contribution in [-0.2, 0) is 0 Å². The number of rotatable bonds is 3. The maximum Gasteiger partial charge on any atom is 0.282 e. The molecule has 0 amide bonds. The van der Waals surface area contributed by atoms with Crippen molar-refractivity contribution >= 4 is 5.78 Å². The van der Waals surface area contributed by atoms with Crippen LogP contribution in [0.5, 0.6) is 0 Å². The van der Waals surface area contributed by atoms with Crippen molar-refractivity contribution in [3.63, 3.8) is 0 Å². The van der Waals surface area contributed by atoms with Gasteiger partial charge in [-0.25, -0.2) is 26.6 Å². The third-order valence-corrected chi connectivity index (χ3v) is 3.73. The number of ketones is 1. The normalized spacial score (nSPS) is 11.1. The molecule has 0 atom stereocenters. The minimum Gasteiger partial charge on any atom is -0.294 e. The van der Waals surface area contributed by atoms with E-state index in [9.17, 15) is 40.3 Å². The molecule has 28 heavy (non-hydrogen) atoms. The molecule has 2 heterocycles.